The van der Waals surface area contributed by atoms with Gasteiger partial charge in [0.1, 0.15) is 5.76 Å². The van der Waals surface area contributed by atoms with Crippen molar-refractivity contribution in [1.29, 1.82) is 0 Å². The van der Waals surface area contributed by atoms with Gasteiger partial charge in [0.25, 0.3) is 0 Å². The van der Waals surface area contributed by atoms with Crippen LogP contribution in [0.4, 0.5) is 0 Å². The average molecular weight is 246 g/mol. The Morgan fingerprint density at radius 1 is 1.38 bits per heavy atom. The molecule has 0 atom stereocenters. The van der Waals surface area contributed by atoms with Gasteiger partial charge >= 0.3 is 0 Å². The van der Waals surface area contributed by atoms with Gasteiger partial charge < -0.3 is 4.42 Å². The zero-order valence-electron chi connectivity index (χ0n) is 9.91. The van der Waals surface area contributed by atoms with Crippen LogP contribution in [0.2, 0.25) is 0 Å². The summed E-state index contributed by atoms with van der Waals surface area (Å²) in [5, 5.41) is 0. The molecule has 0 aliphatic rings. The van der Waals surface area contributed by atoms with E-state index in [1.807, 2.05) is 13.8 Å². The van der Waals surface area contributed by atoms with E-state index in [-0.39, 0.29) is 5.75 Å². The minimum atomic E-state index is -3.12. The SMILES string of the molecule is CCCS(=O)(=O)NCCc1oc(C)nc1C. The number of aryl methyl sites for hydroxylation is 2. The molecule has 0 spiro atoms. The molecule has 0 bridgehead atoms. The summed E-state index contributed by atoms with van der Waals surface area (Å²) in [5.41, 5.74) is 0.826. The van der Waals surface area contributed by atoms with Crippen LogP contribution in [0.5, 0.6) is 0 Å². The van der Waals surface area contributed by atoms with Crippen LogP contribution in [0, 0.1) is 13.8 Å². The fraction of sp³-hybridized carbons (Fsp3) is 0.700. The van der Waals surface area contributed by atoms with E-state index in [2.05, 4.69) is 9.71 Å². The molecule has 5 nitrogen and oxygen atoms in total. The van der Waals surface area contributed by atoms with Crippen molar-refractivity contribution < 1.29 is 12.8 Å². The molecule has 0 aliphatic heterocycles. The van der Waals surface area contributed by atoms with Crippen LogP contribution in [-0.4, -0.2) is 25.7 Å². The highest BCUT2D eigenvalue weighted by Gasteiger charge is 2.10. The predicted octanol–water partition coefficient (Wildman–Crippen LogP) is 1.16. The lowest BCUT2D eigenvalue weighted by molar-refractivity contribution is 0.472. The quantitative estimate of drug-likeness (QED) is 0.817. The van der Waals surface area contributed by atoms with E-state index in [1.165, 1.54) is 0 Å². The lowest BCUT2D eigenvalue weighted by Gasteiger charge is -2.03. The number of hydrogen-bond acceptors (Lipinski definition) is 4. The normalized spacial score (nSPS) is 11.9. The highest BCUT2D eigenvalue weighted by molar-refractivity contribution is 7.89. The molecule has 0 saturated heterocycles. The first kappa shape index (κ1) is 13.2. The summed E-state index contributed by atoms with van der Waals surface area (Å²) in [5.74, 6) is 1.53. The van der Waals surface area contributed by atoms with E-state index in [9.17, 15) is 8.42 Å². The summed E-state index contributed by atoms with van der Waals surface area (Å²) < 4.78 is 30.6. The van der Waals surface area contributed by atoms with Crippen LogP contribution in [0.25, 0.3) is 0 Å². The molecular weight excluding hydrogens is 228 g/mol. The van der Waals surface area contributed by atoms with Gasteiger partial charge in [-0.1, -0.05) is 6.92 Å². The lowest BCUT2D eigenvalue weighted by atomic mass is 10.3. The van der Waals surface area contributed by atoms with E-state index in [0.717, 1.165) is 11.5 Å². The second-order valence-corrected chi connectivity index (χ2v) is 5.63. The first-order valence-corrected chi connectivity index (χ1v) is 7.00. The standard InChI is InChI=1S/C10H18N2O3S/c1-4-7-16(13,14)11-6-5-10-8(2)12-9(3)15-10/h11H,4-7H2,1-3H3. The maximum atomic E-state index is 11.4. The highest BCUT2D eigenvalue weighted by Crippen LogP contribution is 2.09. The van der Waals surface area contributed by atoms with Gasteiger partial charge in [-0.3, -0.25) is 0 Å². The van der Waals surface area contributed by atoms with Crippen LogP contribution in [0.15, 0.2) is 4.42 Å². The topological polar surface area (TPSA) is 72.2 Å². The fourth-order valence-electron chi connectivity index (χ4n) is 1.47. The molecule has 0 radical (unpaired) electrons. The van der Waals surface area contributed by atoms with Gasteiger partial charge in [-0.25, -0.2) is 18.1 Å². The fourth-order valence-corrected chi connectivity index (χ4v) is 2.56. The van der Waals surface area contributed by atoms with E-state index < -0.39 is 10.0 Å². The Balaban J connectivity index is 2.45. The molecule has 6 heteroatoms. The van der Waals surface area contributed by atoms with Gasteiger partial charge in [0.2, 0.25) is 10.0 Å². The van der Waals surface area contributed by atoms with Gasteiger partial charge in [-0.05, 0) is 13.3 Å². The van der Waals surface area contributed by atoms with Crippen molar-refractivity contribution >= 4 is 10.0 Å². The van der Waals surface area contributed by atoms with E-state index >= 15 is 0 Å². The third kappa shape index (κ3) is 3.94. The van der Waals surface area contributed by atoms with Crippen molar-refractivity contribution in [3.05, 3.63) is 17.3 Å². The summed E-state index contributed by atoms with van der Waals surface area (Å²) in [6, 6.07) is 0. The zero-order chi connectivity index (χ0) is 12.2. The molecule has 0 aliphatic carbocycles. The number of rotatable bonds is 6. The average Bonchev–Trinajstić information content (AvgIpc) is 2.44. The molecule has 0 amide bonds. The summed E-state index contributed by atoms with van der Waals surface area (Å²) in [7, 11) is -3.12. The second kappa shape index (κ2) is 5.45. The molecule has 16 heavy (non-hydrogen) atoms. The van der Waals surface area contributed by atoms with Crippen molar-refractivity contribution in [1.82, 2.24) is 9.71 Å². The maximum absolute atomic E-state index is 11.4. The van der Waals surface area contributed by atoms with Crippen molar-refractivity contribution in [2.24, 2.45) is 0 Å². The maximum Gasteiger partial charge on any atom is 0.211 e. The molecule has 0 unspecified atom stereocenters. The van der Waals surface area contributed by atoms with Gasteiger partial charge in [0.05, 0.1) is 11.4 Å². The van der Waals surface area contributed by atoms with E-state index in [4.69, 9.17) is 4.42 Å². The molecule has 0 saturated carbocycles. The van der Waals surface area contributed by atoms with Gasteiger partial charge in [0.15, 0.2) is 5.89 Å². The summed E-state index contributed by atoms with van der Waals surface area (Å²) >= 11 is 0. The number of nitrogens with one attached hydrogen (secondary N) is 1. The molecule has 1 rings (SSSR count). The Hall–Kier alpha value is -0.880. The molecule has 1 aromatic heterocycles. The van der Waals surface area contributed by atoms with E-state index in [1.54, 1.807) is 6.92 Å². The monoisotopic (exact) mass is 246 g/mol. The molecule has 1 N–H and O–H groups in total. The molecule has 1 heterocycles. The molecular formula is C10H18N2O3S. The first-order chi connectivity index (χ1) is 7.44. The third-order valence-electron chi connectivity index (χ3n) is 2.15. The Kier molecular flexibility index (Phi) is 4.49. The second-order valence-electron chi connectivity index (χ2n) is 3.70. The number of hydrogen-bond donors (Lipinski definition) is 1. The van der Waals surface area contributed by atoms with Crippen molar-refractivity contribution in [2.75, 3.05) is 12.3 Å². The van der Waals surface area contributed by atoms with Crippen molar-refractivity contribution in [2.45, 2.75) is 33.6 Å². The minimum absolute atomic E-state index is 0.168. The third-order valence-corrected chi connectivity index (χ3v) is 3.74. The summed E-state index contributed by atoms with van der Waals surface area (Å²) in [6.45, 7) is 5.82. The first-order valence-electron chi connectivity index (χ1n) is 5.35. The van der Waals surface area contributed by atoms with Crippen LogP contribution in [0.3, 0.4) is 0 Å². The van der Waals surface area contributed by atoms with Crippen molar-refractivity contribution in [3.8, 4) is 0 Å². The number of aromatic nitrogens is 1. The predicted molar refractivity (Wildman–Crippen MR) is 61.8 cm³/mol. The molecule has 1 aromatic rings. The highest BCUT2D eigenvalue weighted by atomic mass is 32.2. The summed E-state index contributed by atoms with van der Waals surface area (Å²) in [4.78, 5) is 4.12. The molecule has 0 aromatic carbocycles. The van der Waals surface area contributed by atoms with Crippen molar-refractivity contribution in [3.63, 3.8) is 0 Å². The van der Waals surface area contributed by atoms with E-state index in [0.29, 0.717) is 25.3 Å². The smallest absolute Gasteiger partial charge is 0.211 e. The Bertz CT molecular complexity index is 437. The summed E-state index contributed by atoms with van der Waals surface area (Å²) in [6.07, 6.45) is 1.16. The van der Waals surface area contributed by atoms with Crippen LogP contribution in [-0.2, 0) is 16.4 Å². The van der Waals surface area contributed by atoms with Crippen LogP contribution < -0.4 is 4.72 Å². The molecule has 0 fully saturated rings. The molecule has 92 valence electrons. The Labute approximate surface area is 96.3 Å². The van der Waals surface area contributed by atoms with Crippen LogP contribution in [0.1, 0.15) is 30.7 Å². The number of oxazole rings is 1. The van der Waals surface area contributed by atoms with Gasteiger partial charge in [-0.2, -0.15) is 0 Å². The number of sulfonamides is 1. The Morgan fingerprint density at radius 2 is 2.06 bits per heavy atom. The zero-order valence-corrected chi connectivity index (χ0v) is 10.7. The lowest BCUT2D eigenvalue weighted by Crippen LogP contribution is -2.28. The minimum Gasteiger partial charge on any atom is -0.446 e. The Morgan fingerprint density at radius 3 is 2.56 bits per heavy atom. The largest absolute Gasteiger partial charge is 0.446 e. The van der Waals surface area contributed by atoms with Gasteiger partial charge in [-0.15, -0.1) is 0 Å². The van der Waals surface area contributed by atoms with Gasteiger partial charge in [0, 0.05) is 19.9 Å². The van der Waals surface area contributed by atoms with Crippen LogP contribution >= 0.6 is 0 Å². The number of nitrogens with zero attached hydrogens (tertiary/aromatic N) is 1.